The molecule has 0 aliphatic carbocycles. The average molecular weight is 346 g/mol. The van der Waals surface area contributed by atoms with Crippen molar-refractivity contribution in [2.24, 2.45) is 5.92 Å². The predicted molar refractivity (Wildman–Crippen MR) is 88.6 cm³/mol. The summed E-state index contributed by atoms with van der Waals surface area (Å²) in [4.78, 5) is 38.5. The third-order valence-corrected chi connectivity index (χ3v) is 5.06. The molecule has 1 aromatic rings. The molecule has 0 aromatic heterocycles. The number of carbonyl (C=O) groups excluding carboxylic acids is 3. The summed E-state index contributed by atoms with van der Waals surface area (Å²) in [6.07, 6.45) is -0.606. The topological polar surface area (TPSA) is 95.9 Å². The van der Waals surface area contributed by atoms with E-state index in [0.717, 1.165) is 0 Å². The van der Waals surface area contributed by atoms with Crippen molar-refractivity contribution < 1.29 is 24.2 Å². The molecule has 25 heavy (non-hydrogen) atoms. The maximum absolute atomic E-state index is 12.5. The summed E-state index contributed by atoms with van der Waals surface area (Å²) < 4.78 is 5.04. The van der Waals surface area contributed by atoms with E-state index in [1.807, 2.05) is 18.2 Å². The first-order valence-electron chi connectivity index (χ1n) is 8.49. The SMILES string of the molecule is CCOC(=O)[C@@H]1[C@@H](O)C(=O)NC12CCN(C(=O)c1ccccc1)CC2. The van der Waals surface area contributed by atoms with Gasteiger partial charge in [0.25, 0.3) is 5.91 Å². The molecule has 2 saturated heterocycles. The summed E-state index contributed by atoms with van der Waals surface area (Å²) in [6, 6.07) is 8.98. The summed E-state index contributed by atoms with van der Waals surface area (Å²) in [5.74, 6) is -2.14. The molecule has 2 fully saturated rings. The zero-order valence-corrected chi connectivity index (χ0v) is 14.1. The van der Waals surface area contributed by atoms with Gasteiger partial charge in [0.1, 0.15) is 12.0 Å². The molecule has 2 heterocycles. The molecule has 3 rings (SSSR count). The number of benzene rings is 1. The van der Waals surface area contributed by atoms with Gasteiger partial charge in [-0.1, -0.05) is 18.2 Å². The Hall–Kier alpha value is -2.41. The number of ether oxygens (including phenoxy) is 1. The van der Waals surface area contributed by atoms with E-state index in [9.17, 15) is 19.5 Å². The lowest BCUT2D eigenvalue weighted by atomic mass is 9.76. The Bertz CT molecular complexity index is 667. The van der Waals surface area contributed by atoms with Gasteiger partial charge < -0.3 is 20.1 Å². The highest BCUT2D eigenvalue weighted by Crippen LogP contribution is 2.38. The molecule has 0 radical (unpaired) electrons. The predicted octanol–water partition coefficient (Wildman–Crippen LogP) is 0.331. The molecule has 1 spiro atoms. The smallest absolute Gasteiger partial charge is 0.314 e. The number of amides is 2. The number of aliphatic hydroxyl groups excluding tert-OH is 1. The van der Waals surface area contributed by atoms with Gasteiger partial charge in [-0.2, -0.15) is 0 Å². The van der Waals surface area contributed by atoms with Crippen LogP contribution in [0.1, 0.15) is 30.1 Å². The van der Waals surface area contributed by atoms with E-state index in [1.54, 1.807) is 24.0 Å². The number of aliphatic hydroxyl groups is 1. The van der Waals surface area contributed by atoms with Crippen molar-refractivity contribution in [2.75, 3.05) is 19.7 Å². The number of hydrogen-bond donors (Lipinski definition) is 2. The molecule has 2 atom stereocenters. The number of nitrogens with one attached hydrogen (secondary N) is 1. The molecular weight excluding hydrogens is 324 g/mol. The normalized spacial score (nSPS) is 24.9. The first kappa shape index (κ1) is 17.4. The van der Waals surface area contributed by atoms with Crippen LogP contribution in [0.4, 0.5) is 0 Å². The van der Waals surface area contributed by atoms with Gasteiger partial charge in [0.05, 0.1) is 12.1 Å². The van der Waals surface area contributed by atoms with E-state index in [4.69, 9.17) is 4.74 Å². The second kappa shape index (κ2) is 6.84. The Morgan fingerprint density at radius 1 is 1.28 bits per heavy atom. The molecule has 2 amide bonds. The first-order chi connectivity index (χ1) is 12.0. The zero-order chi connectivity index (χ0) is 18.0. The van der Waals surface area contributed by atoms with Gasteiger partial charge in [-0.3, -0.25) is 14.4 Å². The maximum atomic E-state index is 12.5. The van der Waals surface area contributed by atoms with E-state index in [-0.39, 0.29) is 12.5 Å². The quantitative estimate of drug-likeness (QED) is 0.769. The minimum absolute atomic E-state index is 0.0759. The Balaban J connectivity index is 1.74. The average Bonchev–Trinajstić information content (AvgIpc) is 2.86. The van der Waals surface area contributed by atoms with Crippen LogP contribution in [0.25, 0.3) is 0 Å². The van der Waals surface area contributed by atoms with E-state index >= 15 is 0 Å². The van der Waals surface area contributed by atoms with Gasteiger partial charge in [-0.15, -0.1) is 0 Å². The largest absolute Gasteiger partial charge is 0.466 e. The van der Waals surface area contributed by atoms with Gasteiger partial charge in [0.2, 0.25) is 5.91 Å². The minimum Gasteiger partial charge on any atom is -0.466 e. The zero-order valence-electron chi connectivity index (χ0n) is 14.1. The second-order valence-corrected chi connectivity index (χ2v) is 6.48. The van der Waals surface area contributed by atoms with Crippen molar-refractivity contribution >= 4 is 17.8 Å². The molecule has 0 bridgehead atoms. The summed E-state index contributed by atoms with van der Waals surface area (Å²) in [5, 5.41) is 12.9. The van der Waals surface area contributed by atoms with E-state index < -0.39 is 29.4 Å². The van der Waals surface area contributed by atoms with Crippen molar-refractivity contribution in [3.8, 4) is 0 Å². The third-order valence-electron chi connectivity index (χ3n) is 5.06. The van der Waals surface area contributed by atoms with Crippen LogP contribution in [-0.2, 0) is 14.3 Å². The molecule has 1 aromatic carbocycles. The number of likely N-dealkylation sites (tertiary alicyclic amines) is 1. The van der Waals surface area contributed by atoms with E-state index in [1.165, 1.54) is 0 Å². The lowest BCUT2D eigenvalue weighted by molar-refractivity contribution is -0.155. The molecule has 2 N–H and O–H groups in total. The van der Waals surface area contributed by atoms with Crippen LogP contribution in [-0.4, -0.2) is 59.1 Å². The number of esters is 1. The van der Waals surface area contributed by atoms with Crippen LogP contribution in [0.2, 0.25) is 0 Å². The van der Waals surface area contributed by atoms with Crippen molar-refractivity contribution in [1.29, 1.82) is 0 Å². The molecule has 0 unspecified atom stereocenters. The molecule has 134 valence electrons. The van der Waals surface area contributed by atoms with Gasteiger partial charge in [0, 0.05) is 18.7 Å². The van der Waals surface area contributed by atoms with Crippen LogP contribution < -0.4 is 5.32 Å². The second-order valence-electron chi connectivity index (χ2n) is 6.48. The summed E-state index contributed by atoms with van der Waals surface area (Å²) >= 11 is 0. The Kier molecular flexibility index (Phi) is 4.76. The van der Waals surface area contributed by atoms with Crippen molar-refractivity contribution in [2.45, 2.75) is 31.4 Å². The fourth-order valence-electron chi connectivity index (χ4n) is 3.75. The Labute approximate surface area is 146 Å². The lowest BCUT2D eigenvalue weighted by Gasteiger charge is -2.41. The highest BCUT2D eigenvalue weighted by Gasteiger charge is 2.57. The molecule has 0 saturated carbocycles. The van der Waals surface area contributed by atoms with Gasteiger partial charge in [-0.25, -0.2) is 0 Å². The number of nitrogens with zero attached hydrogens (tertiary/aromatic N) is 1. The van der Waals surface area contributed by atoms with Crippen molar-refractivity contribution in [3.63, 3.8) is 0 Å². The van der Waals surface area contributed by atoms with Gasteiger partial charge in [-0.05, 0) is 31.9 Å². The summed E-state index contributed by atoms with van der Waals surface area (Å²) in [6.45, 7) is 2.67. The monoisotopic (exact) mass is 346 g/mol. The lowest BCUT2D eigenvalue weighted by Crippen LogP contribution is -2.57. The number of carbonyl (C=O) groups is 3. The number of hydrogen-bond acceptors (Lipinski definition) is 5. The van der Waals surface area contributed by atoms with E-state index in [0.29, 0.717) is 31.5 Å². The fraction of sp³-hybridized carbons (Fsp3) is 0.500. The minimum atomic E-state index is -1.41. The van der Waals surface area contributed by atoms with Crippen LogP contribution in [0.15, 0.2) is 30.3 Å². The standard InChI is InChI=1S/C18H22N2O5/c1-2-25-17(24)13-14(21)15(22)19-18(13)8-10-20(11-9-18)16(23)12-6-4-3-5-7-12/h3-7,13-14,21H,2,8-11H2,1H3,(H,19,22)/t13-,14+/m0/s1. The number of rotatable bonds is 3. The third kappa shape index (κ3) is 3.11. The molecular formula is C18H22N2O5. The maximum Gasteiger partial charge on any atom is 0.314 e. The van der Waals surface area contributed by atoms with Crippen molar-refractivity contribution in [3.05, 3.63) is 35.9 Å². The number of piperidine rings is 1. The fourth-order valence-corrected chi connectivity index (χ4v) is 3.75. The van der Waals surface area contributed by atoms with Gasteiger partial charge >= 0.3 is 5.97 Å². The summed E-state index contributed by atoms with van der Waals surface area (Å²) in [7, 11) is 0. The summed E-state index contributed by atoms with van der Waals surface area (Å²) in [5.41, 5.74) is -0.244. The molecule has 2 aliphatic heterocycles. The van der Waals surface area contributed by atoms with Crippen LogP contribution in [0.5, 0.6) is 0 Å². The Morgan fingerprint density at radius 2 is 1.92 bits per heavy atom. The first-order valence-corrected chi connectivity index (χ1v) is 8.49. The molecule has 7 nitrogen and oxygen atoms in total. The van der Waals surface area contributed by atoms with E-state index in [2.05, 4.69) is 5.32 Å². The van der Waals surface area contributed by atoms with Crippen molar-refractivity contribution in [1.82, 2.24) is 10.2 Å². The highest BCUT2D eigenvalue weighted by atomic mass is 16.5. The van der Waals surface area contributed by atoms with Crippen LogP contribution in [0, 0.1) is 5.92 Å². The Morgan fingerprint density at radius 3 is 2.52 bits per heavy atom. The van der Waals surface area contributed by atoms with Gasteiger partial charge in [0.15, 0.2) is 0 Å². The molecule has 2 aliphatic rings. The molecule has 7 heteroatoms. The highest BCUT2D eigenvalue weighted by molar-refractivity contribution is 5.95. The van der Waals surface area contributed by atoms with Crippen LogP contribution >= 0.6 is 0 Å². The van der Waals surface area contributed by atoms with Crippen LogP contribution in [0.3, 0.4) is 0 Å².